The molecule has 1 unspecified atom stereocenters. The van der Waals surface area contributed by atoms with Gasteiger partial charge in [-0.3, -0.25) is 9.78 Å². The van der Waals surface area contributed by atoms with E-state index in [0.717, 1.165) is 6.42 Å². The molecule has 0 spiro atoms. The maximum Gasteiger partial charge on any atom is 0.338 e. The first-order valence-electron chi connectivity index (χ1n) is 6.29. The molecule has 0 aromatic carbocycles. The normalized spacial score (nSPS) is 12.3. The number of rotatable bonds is 5. The Bertz CT molecular complexity index is 472. The average Bonchev–Trinajstić information content (AvgIpc) is 2.36. The van der Waals surface area contributed by atoms with Crippen LogP contribution in [0.2, 0.25) is 0 Å². The molecule has 0 saturated carbocycles. The summed E-state index contributed by atoms with van der Waals surface area (Å²) < 4.78 is 0. The second kappa shape index (κ2) is 6.31. The Balaban J connectivity index is 2.97. The van der Waals surface area contributed by atoms with E-state index in [0.29, 0.717) is 5.92 Å². The van der Waals surface area contributed by atoms with Crippen molar-refractivity contribution < 1.29 is 14.7 Å². The summed E-state index contributed by atoms with van der Waals surface area (Å²) in [5.74, 6) is -0.948. The van der Waals surface area contributed by atoms with Crippen LogP contribution in [0.5, 0.6) is 0 Å². The van der Waals surface area contributed by atoms with Gasteiger partial charge in [-0.05, 0) is 25.3 Å². The van der Waals surface area contributed by atoms with Gasteiger partial charge in [0.2, 0.25) is 0 Å². The summed E-state index contributed by atoms with van der Waals surface area (Å²) >= 11 is 0. The molecule has 0 radical (unpaired) electrons. The molecule has 0 bridgehead atoms. The highest BCUT2D eigenvalue weighted by Gasteiger charge is 2.23. The molecule has 5 heteroatoms. The highest BCUT2D eigenvalue weighted by molar-refractivity contribution is 6.04. The molecule has 0 saturated heterocycles. The molecule has 1 heterocycles. The fraction of sp³-hybridized carbons (Fsp3) is 0.500. The molecule has 0 aliphatic carbocycles. The molecular weight excluding hydrogens is 244 g/mol. The number of pyridine rings is 1. The van der Waals surface area contributed by atoms with Crippen LogP contribution < -0.4 is 0 Å². The molecular formula is C14H20N2O3. The Morgan fingerprint density at radius 1 is 1.32 bits per heavy atom. The topological polar surface area (TPSA) is 70.5 Å². The van der Waals surface area contributed by atoms with E-state index in [1.807, 2.05) is 6.92 Å². The van der Waals surface area contributed by atoms with Crippen molar-refractivity contribution in [1.82, 2.24) is 9.88 Å². The van der Waals surface area contributed by atoms with Crippen LogP contribution in [0.4, 0.5) is 0 Å². The van der Waals surface area contributed by atoms with Crippen LogP contribution in [-0.4, -0.2) is 40.0 Å². The van der Waals surface area contributed by atoms with E-state index < -0.39 is 5.97 Å². The molecule has 19 heavy (non-hydrogen) atoms. The van der Waals surface area contributed by atoms with Gasteiger partial charge in [0.1, 0.15) is 0 Å². The zero-order valence-corrected chi connectivity index (χ0v) is 11.8. The highest BCUT2D eigenvalue weighted by atomic mass is 16.4. The molecule has 1 rings (SSSR count). The molecule has 1 atom stereocenters. The van der Waals surface area contributed by atoms with Crippen molar-refractivity contribution in [2.75, 3.05) is 7.05 Å². The molecule has 0 aliphatic rings. The lowest BCUT2D eigenvalue weighted by molar-refractivity contribution is 0.0666. The first-order valence-corrected chi connectivity index (χ1v) is 6.29. The van der Waals surface area contributed by atoms with Crippen molar-refractivity contribution in [2.24, 2.45) is 5.92 Å². The smallest absolute Gasteiger partial charge is 0.338 e. The zero-order chi connectivity index (χ0) is 14.6. The summed E-state index contributed by atoms with van der Waals surface area (Å²) in [5, 5.41) is 9.07. The Labute approximate surface area is 113 Å². The van der Waals surface area contributed by atoms with Gasteiger partial charge in [-0.1, -0.05) is 13.8 Å². The van der Waals surface area contributed by atoms with Crippen LogP contribution in [0.15, 0.2) is 18.5 Å². The van der Waals surface area contributed by atoms with Crippen molar-refractivity contribution >= 4 is 11.9 Å². The Morgan fingerprint density at radius 3 is 2.47 bits per heavy atom. The maximum absolute atomic E-state index is 12.3. The van der Waals surface area contributed by atoms with E-state index in [1.165, 1.54) is 18.5 Å². The van der Waals surface area contributed by atoms with Crippen LogP contribution in [0.25, 0.3) is 0 Å². The molecule has 104 valence electrons. The van der Waals surface area contributed by atoms with E-state index in [-0.39, 0.29) is 23.1 Å². The number of aromatic carboxylic acids is 1. The Morgan fingerprint density at radius 2 is 1.95 bits per heavy atom. The van der Waals surface area contributed by atoms with Gasteiger partial charge in [0, 0.05) is 25.5 Å². The van der Waals surface area contributed by atoms with Crippen LogP contribution >= 0.6 is 0 Å². The van der Waals surface area contributed by atoms with Crippen LogP contribution in [0, 0.1) is 5.92 Å². The van der Waals surface area contributed by atoms with Crippen molar-refractivity contribution in [3.05, 3.63) is 29.6 Å². The summed E-state index contributed by atoms with van der Waals surface area (Å²) in [7, 11) is 1.70. The monoisotopic (exact) mass is 264 g/mol. The quantitative estimate of drug-likeness (QED) is 0.885. The molecule has 1 amide bonds. The average molecular weight is 264 g/mol. The summed E-state index contributed by atoms with van der Waals surface area (Å²) in [6, 6.07) is 1.51. The van der Waals surface area contributed by atoms with Gasteiger partial charge in [-0.25, -0.2) is 4.79 Å². The van der Waals surface area contributed by atoms with Gasteiger partial charge in [-0.15, -0.1) is 0 Å². The van der Waals surface area contributed by atoms with E-state index >= 15 is 0 Å². The summed E-state index contributed by atoms with van der Waals surface area (Å²) in [6.07, 6.45) is 3.51. The fourth-order valence-electron chi connectivity index (χ4n) is 1.98. The predicted molar refractivity (Wildman–Crippen MR) is 72.2 cm³/mol. The SMILES string of the molecule is CC(C)CC(C)N(C)C(=O)c1ccncc1C(=O)O. The number of hydrogen-bond acceptors (Lipinski definition) is 3. The Hall–Kier alpha value is -1.91. The van der Waals surface area contributed by atoms with E-state index in [2.05, 4.69) is 18.8 Å². The molecule has 0 fully saturated rings. The number of amides is 1. The molecule has 5 nitrogen and oxygen atoms in total. The van der Waals surface area contributed by atoms with Crippen LogP contribution in [0.3, 0.4) is 0 Å². The van der Waals surface area contributed by atoms with Gasteiger partial charge in [0.25, 0.3) is 5.91 Å². The number of hydrogen-bond donors (Lipinski definition) is 1. The maximum atomic E-state index is 12.3. The number of nitrogens with zero attached hydrogens (tertiary/aromatic N) is 2. The van der Waals surface area contributed by atoms with E-state index in [9.17, 15) is 9.59 Å². The fourth-order valence-corrected chi connectivity index (χ4v) is 1.98. The highest BCUT2D eigenvalue weighted by Crippen LogP contribution is 2.15. The second-order valence-corrected chi connectivity index (χ2v) is 5.12. The van der Waals surface area contributed by atoms with E-state index in [1.54, 1.807) is 11.9 Å². The summed E-state index contributed by atoms with van der Waals surface area (Å²) in [4.78, 5) is 28.7. The molecule has 1 aromatic rings. The molecule has 1 aromatic heterocycles. The molecule has 0 aliphatic heterocycles. The first-order chi connectivity index (χ1) is 8.84. The second-order valence-electron chi connectivity index (χ2n) is 5.12. The lowest BCUT2D eigenvalue weighted by Gasteiger charge is -2.26. The van der Waals surface area contributed by atoms with Crippen molar-refractivity contribution in [1.29, 1.82) is 0 Å². The summed E-state index contributed by atoms with van der Waals surface area (Å²) in [6.45, 7) is 6.13. The zero-order valence-electron chi connectivity index (χ0n) is 11.8. The van der Waals surface area contributed by atoms with Gasteiger partial charge >= 0.3 is 5.97 Å². The Kier molecular flexibility index (Phi) is 5.03. The third kappa shape index (κ3) is 3.77. The van der Waals surface area contributed by atoms with Crippen LogP contribution in [0.1, 0.15) is 47.9 Å². The minimum Gasteiger partial charge on any atom is -0.478 e. The van der Waals surface area contributed by atoms with Gasteiger partial charge in [0.05, 0.1) is 11.1 Å². The predicted octanol–water partition coefficient (Wildman–Crippen LogP) is 2.29. The lowest BCUT2D eigenvalue weighted by Crippen LogP contribution is -2.36. The number of carbonyl (C=O) groups excluding carboxylic acids is 1. The van der Waals surface area contributed by atoms with E-state index in [4.69, 9.17) is 5.11 Å². The number of aromatic nitrogens is 1. The van der Waals surface area contributed by atoms with Crippen molar-refractivity contribution in [3.8, 4) is 0 Å². The van der Waals surface area contributed by atoms with Crippen LogP contribution in [-0.2, 0) is 0 Å². The lowest BCUT2D eigenvalue weighted by atomic mass is 10.0. The first kappa shape index (κ1) is 15.1. The standard InChI is InChI=1S/C14H20N2O3/c1-9(2)7-10(3)16(4)13(17)11-5-6-15-8-12(11)14(18)19/h5-6,8-10H,7H2,1-4H3,(H,18,19). The number of carboxylic acid groups (broad SMARTS) is 1. The number of carbonyl (C=O) groups is 2. The van der Waals surface area contributed by atoms with Gasteiger partial charge in [-0.2, -0.15) is 0 Å². The minimum absolute atomic E-state index is 0.0577. The third-order valence-electron chi connectivity index (χ3n) is 3.08. The minimum atomic E-state index is -1.14. The van der Waals surface area contributed by atoms with Crippen molar-refractivity contribution in [3.63, 3.8) is 0 Å². The largest absolute Gasteiger partial charge is 0.478 e. The number of carboxylic acids is 1. The molecule has 1 N–H and O–H groups in total. The summed E-state index contributed by atoms with van der Waals surface area (Å²) in [5.41, 5.74) is 0.122. The third-order valence-corrected chi connectivity index (χ3v) is 3.08. The van der Waals surface area contributed by atoms with Gasteiger partial charge in [0.15, 0.2) is 0 Å². The van der Waals surface area contributed by atoms with Crippen molar-refractivity contribution in [2.45, 2.75) is 33.2 Å². The van der Waals surface area contributed by atoms with Gasteiger partial charge < -0.3 is 10.0 Å².